The highest BCUT2D eigenvalue weighted by Gasteiger charge is 2.37. The van der Waals surface area contributed by atoms with E-state index in [9.17, 15) is 4.79 Å². The molecule has 3 aliphatic rings. The predicted octanol–water partition coefficient (Wildman–Crippen LogP) is 2.52. The van der Waals surface area contributed by atoms with E-state index in [1.807, 2.05) is 24.0 Å². The number of amides is 1. The number of fused-ring (bicyclic) bond motifs is 3. The fourth-order valence-electron chi connectivity index (χ4n) is 5.32. The van der Waals surface area contributed by atoms with Crippen LogP contribution in [0.5, 0.6) is 0 Å². The number of piperidine rings is 1. The van der Waals surface area contributed by atoms with Gasteiger partial charge in [0.25, 0.3) is 5.91 Å². The number of carbonyl (C=O) groups is 1. The summed E-state index contributed by atoms with van der Waals surface area (Å²) in [7, 11) is 0. The zero-order valence-electron chi connectivity index (χ0n) is 19.1. The molecule has 0 bridgehead atoms. The van der Waals surface area contributed by atoms with Gasteiger partial charge in [-0.15, -0.1) is 0 Å². The Morgan fingerprint density at radius 3 is 2.85 bits per heavy atom. The van der Waals surface area contributed by atoms with Gasteiger partial charge in [0.2, 0.25) is 5.95 Å². The minimum absolute atomic E-state index is 0.0534. The van der Waals surface area contributed by atoms with E-state index in [1.165, 1.54) is 0 Å². The highest BCUT2D eigenvalue weighted by Crippen LogP contribution is 2.33. The van der Waals surface area contributed by atoms with Crippen molar-refractivity contribution in [2.75, 3.05) is 54.4 Å². The molecule has 1 N–H and O–H groups in total. The summed E-state index contributed by atoms with van der Waals surface area (Å²) in [6.45, 7) is 7.07. The molecule has 5 heterocycles. The largest absolute Gasteiger partial charge is 0.371 e. The van der Waals surface area contributed by atoms with E-state index < -0.39 is 0 Å². The molecule has 172 valence electrons. The van der Waals surface area contributed by atoms with Gasteiger partial charge in [0, 0.05) is 63.4 Å². The fraction of sp³-hybridized carbons (Fsp3) is 0.542. The van der Waals surface area contributed by atoms with Crippen LogP contribution in [0.1, 0.15) is 48.7 Å². The van der Waals surface area contributed by atoms with Crippen LogP contribution in [0.4, 0.5) is 17.5 Å². The van der Waals surface area contributed by atoms with Crippen LogP contribution in [0.25, 0.3) is 0 Å². The van der Waals surface area contributed by atoms with Gasteiger partial charge >= 0.3 is 0 Å². The molecule has 0 spiro atoms. The molecule has 3 aliphatic heterocycles. The van der Waals surface area contributed by atoms with Crippen molar-refractivity contribution < 1.29 is 4.79 Å². The number of carbonyl (C=O) groups excluding carboxylic acids is 1. The standard InChI is InChI=1S/C24H30N8O/c1-2-26-24-28-14-21-22(29-24)32-9-3-4-20(32)16-31(23(21)33)15-17-6-10-30(11-7-17)19-5-8-27-18(12-19)13-25/h5,8,12,14,17,20H,2-4,6-7,9-11,15-16H2,1H3,(H,26,28,29). The van der Waals surface area contributed by atoms with Crippen LogP contribution in [0.3, 0.4) is 0 Å². The molecule has 0 aliphatic carbocycles. The molecule has 0 radical (unpaired) electrons. The van der Waals surface area contributed by atoms with E-state index in [0.717, 1.165) is 76.5 Å². The van der Waals surface area contributed by atoms with Crippen molar-refractivity contribution in [2.24, 2.45) is 5.92 Å². The van der Waals surface area contributed by atoms with Crippen molar-refractivity contribution in [3.8, 4) is 6.07 Å². The fourth-order valence-corrected chi connectivity index (χ4v) is 5.32. The van der Waals surface area contributed by atoms with Gasteiger partial charge in [-0.2, -0.15) is 10.2 Å². The van der Waals surface area contributed by atoms with E-state index in [4.69, 9.17) is 10.2 Å². The second-order valence-electron chi connectivity index (χ2n) is 9.10. The summed E-state index contributed by atoms with van der Waals surface area (Å²) in [4.78, 5) is 33.4. The van der Waals surface area contributed by atoms with E-state index in [2.05, 4.69) is 31.2 Å². The van der Waals surface area contributed by atoms with Crippen LogP contribution in [0.2, 0.25) is 0 Å². The molecule has 0 saturated carbocycles. The van der Waals surface area contributed by atoms with E-state index >= 15 is 0 Å². The third-order valence-electron chi connectivity index (χ3n) is 7.02. The predicted molar refractivity (Wildman–Crippen MR) is 126 cm³/mol. The molecule has 1 atom stereocenters. The number of aromatic nitrogens is 3. The summed E-state index contributed by atoms with van der Waals surface area (Å²) >= 11 is 0. The number of nitrogens with one attached hydrogen (secondary N) is 1. The lowest BCUT2D eigenvalue weighted by molar-refractivity contribution is 0.0716. The van der Waals surface area contributed by atoms with Gasteiger partial charge in [-0.25, -0.2) is 9.97 Å². The van der Waals surface area contributed by atoms with E-state index in [1.54, 1.807) is 12.4 Å². The van der Waals surface area contributed by atoms with E-state index in [-0.39, 0.29) is 5.91 Å². The van der Waals surface area contributed by atoms with Gasteiger partial charge in [0.1, 0.15) is 23.1 Å². The van der Waals surface area contributed by atoms with Gasteiger partial charge in [-0.1, -0.05) is 0 Å². The second kappa shape index (κ2) is 9.22. The maximum absolute atomic E-state index is 13.5. The molecule has 5 rings (SSSR count). The summed E-state index contributed by atoms with van der Waals surface area (Å²) < 4.78 is 0. The summed E-state index contributed by atoms with van der Waals surface area (Å²) in [5.74, 6) is 1.89. The van der Waals surface area contributed by atoms with Crippen molar-refractivity contribution in [3.05, 3.63) is 35.8 Å². The smallest absolute Gasteiger partial charge is 0.259 e. The molecule has 9 nitrogen and oxygen atoms in total. The Labute approximate surface area is 194 Å². The maximum atomic E-state index is 13.5. The average molecular weight is 447 g/mol. The lowest BCUT2D eigenvalue weighted by Crippen LogP contribution is -2.44. The van der Waals surface area contributed by atoms with Crippen molar-refractivity contribution in [3.63, 3.8) is 0 Å². The maximum Gasteiger partial charge on any atom is 0.259 e. The number of anilines is 3. The first-order valence-electron chi connectivity index (χ1n) is 11.9. The Kier molecular flexibility index (Phi) is 5.99. The number of nitrogens with zero attached hydrogens (tertiary/aromatic N) is 7. The first-order chi connectivity index (χ1) is 16.2. The summed E-state index contributed by atoms with van der Waals surface area (Å²) in [6.07, 6.45) is 7.66. The molecule has 2 fully saturated rings. The molecule has 1 unspecified atom stereocenters. The minimum Gasteiger partial charge on any atom is -0.371 e. The number of hydrogen-bond acceptors (Lipinski definition) is 8. The van der Waals surface area contributed by atoms with Crippen molar-refractivity contribution >= 4 is 23.4 Å². The first kappa shape index (κ1) is 21.4. The quantitative estimate of drug-likeness (QED) is 0.748. The van der Waals surface area contributed by atoms with Gasteiger partial charge in [-0.05, 0) is 50.7 Å². The number of nitriles is 1. The third-order valence-corrected chi connectivity index (χ3v) is 7.02. The Bertz CT molecular complexity index is 1060. The van der Waals surface area contributed by atoms with Crippen molar-refractivity contribution in [1.82, 2.24) is 19.9 Å². The molecule has 1 amide bonds. The van der Waals surface area contributed by atoms with Crippen molar-refractivity contribution in [2.45, 2.75) is 38.6 Å². The number of rotatable bonds is 5. The van der Waals surface area contributed by atoms with Crippen molar-refractivity contribution in [1.29, 1.82) is 5.26 Å². The molecule has 0 aromatic carbocycles. The number of hydrogen-bond donors (Lipinski definition) is 1. The van der Waals surface area contributed by atoms with Crippen LogP contribution < -0.4 is 15.1 Å². The normalized spacial score (nSPS) is 20.8. The molecule has 33 heavy (non-hydrogen) atoms. The zero-order chi connectivity index (χ0) is 22.8. The van der Waals surface area contributed by atoms with Crippen LogP contribution in [0, 0.1) is 17.2 Å². The van der Waals surface area contributed by atoms with Crippen LogP contribution in [-0.2, 0) is 0 Å². The van der Waals surface area contributed by atoms with Gasteiger partial charge in [0.05, 0.1) is 0 Å². The summed E-state index contributed by atoms with van der Waals surface area (Å²) in [5.41, 5.74) is 2.12. The second-order valence-corrected chi connectivity index (χ2v) is 9.10. The monoisotopic (exact) mass is 446 g/mol. The SMILES string of the molecule is CCNc1ncc2c(n1)N1CCCC1CN(CC1CCN(c3ccnc(C#N)c3)CC1)C2=O. The highest BCUT2D eigenvalue weighted by atomic mass is 16.2. The Hall–Kier alpha value is -3.41. The molecular weight excluding hydrogens is 416 g/mol. The number of pyridine rings is 1. The van der Waals surface area contributed by atoms with Crippen LogP contribution in [0.15, 0.2) is 24.5 Å². The Morgan fingerprint density at radius 2 is 2.06 bits per heavy atom. The molecule has 2 saturated heterocycles. The lowest BCUT2D eigenvalue weighted by atomic mass is 9.95. The average Bonchev–Trinajstić information content (AvgIpc) is 3.28. The molecule has 9 heteroatoms. The topological polar surface area (TPSA) is 101 Å². The molecular formula is C24H30N8O. The van der Waals surface area contributed by atoms with Gasteiger partial charge < -0.3 is 20.0 Å². The highest BCUT2D eigenvalue weighted by molar-refractivity contribution is 5.99. The van der Waals surface area contributed by atoms with Crippen LogP contribution >= 0.6 is 0 Å². The Morgan fingerprint density at radius 1 is 1.21 bits per heavy atom. The minimum atomic E-state index is 0.0534. The zero-order valence-corrected chi connectivity index (χ0v) is 19.1. The van der Waals surface area contributed by atoms with E-state index in [0.29, 0.717) is 29.2 Å². The Balaban J connectivity index is 1.29. The third kappa shape index (κ3) is 4.30. The van der Waals surface area contributed by atoms with Gasteiger partial charge in [0.15, 0.2) is 0 Å². The summed E-state index contributed by atoms with van der Waals surface area (Å²) in [6, 6.07) is 6.26. The van der Waals surface area contributed by atoms with Gasteiger partial charge in [-0.3, -0.25) is 4.79 Å². The summed E-state index contributed by atoms with van der Waals surface area (Å²) in [5, 5.41) is 12.3. The molecule has 2 aromatic heterocycles. The lowest BCUT2D eigenvalue weighted by Gasteiger charge is -2.36. The van der Waals surface area contributed by atoms with Crippen LogP contribution in [-0.4, -0.2) is 71.1 Å². The first-order valence-corrected chi connectivity index (χ1v) is 11.9. The molecule has 2 aromatic rings.